The molecule has 0 fully saturated rings. The van der Waals surface area contributed by atoms with Gasteiger partial charge in [-0.25, -0.2) is 0 Å². The SMILES string of the molecule is CC(CN(C)C)SC(C)C(C)C. The topological polar surface area (TPSA) is 3.24 Å². The van der Waals surface area contributed by atoms with Gasteiger partial charge in [0.05, 0.1) is 0 Å². The minimum atomic E-state index is 0.748. The molecule has 2 atom stereocenters. The van der Waals surface area contributed by atoms with Crippen molar-refractivity contribution in [2.45, 2.75) is 38.2 Å². The number of thioether (sulfide) groups is 1. The molecule has 0 aliphatic rings. The normalized spacial score (nSPS) is 17.0. The van der Waals surface area contributed by atoms with E-state index < -0.39 is 0 Å². The van der Waals surface area contributed by atoms with Gasteiger partial charge in [-0.05, 0) is 20.0 Å². The van der Waals surface area contributed by atoms with Gasteiger partial charge in [-0.3, -0.25) is 0 Å². The summed E-state index contributed by atoms with van der Waals surface area (Å²) in [6.45, 7) is 10.4. The zero-order valence-electron chi connectivity index (χ0n) is 9.29. The average Bonchev–Trinajstić information content (AvgIpc) is 1.84. The molecular weight excluding hydrogens is 166 g/mol. The van der Waals surface area contributed by atoms with Crippen LogP contribution in [0.5, 0.6) is 0 Å². The summed E-state index contributed by atoms with van der Waals surface area (Å²) in [5.74, 6) is 0.791. The first kappa shape index (κ1) is 12.3. The Labute approximate surface area is 81.9 Å². The van der Waals surface area contributed by atoms with Crippen molar-refractivity contribution in [1.29, 1.82) is 0 Å². The highest BCUT2D eigenvalue weighted by molar-refractivity contribution is 8.00. The van der Waals surface area contributed by atoms with Crippen LogP contribution < -0.4 is 0 Å². The van der Waals surface area contributed by atoms with Crippen LogP contribution in [-0.2, 0) is 0 Å². The Morgan fingerprint density at radius 3 is 1.92 bits per heavy atom. The first-order chi connectivity index (χ1) is 5.43. The van der Waals surface area contributed by atoms with Crippen molar-refractivity contribution in [3.05, 3.63) is 0 Å². The van der Waals surface area contributed by atoms with Crippen molar-refractivity contribution in [3.63, 3.8) is 0 Å². The van der Waals surface area contributed by atoms with Crippen LogP contribution in [0.15, 0.2) is 0 Å². The molecule has 0 heterocycles. The summed E-state index contributed by atoms with van der Waals surface area (Å²) >= 11 is 2.09. The lowest BCUT2D eigenvalue weighted by atomic mass is 10.2. The van der Waals surface area contributed by atoms with Crippen molar-refractivity contribution < 1.29 is 0 Å². The summed E-state index contributed by atoms with van der Waals surface area (Å²) in [5.41, 5.74) is 0. The molecular formula is C10H23NS. The van der Waals surface area contributed by atoms with E-state index in [0.717, 1.165) is 16.4 Å². The molecule has 2 unspecified atom stereocenters. The second-order valence-corrected chi connectivity index (χ2v) is 5.98. The fourth-order valence-electron chi connectivity index (χ4n) is 1.08. The zero-order chi connectivity index (χ0) is 9.72. The largest absolute Gasteiger partial charge is 0.308 e. The first-order valence-corrected chi connectivity index (χ1v) is 5.68. The van der Waals surface area contributed by atoms with E-state index in [0.29, 0.717) is 0 Å². The van der Waals surface area contributed by atoms with E-state index in [1.54, 1.807) is 0 Å². The molecule has 0 saturated heterocycles. The third kappa shape index (κ3) is 5.90. The average molecular weight is 189 g/mol. The highest BCUT2D eigenvalue weighted by Gasteiger charge is 2.12. The molecule has 1 nitrogen and oxygen atoms in total. The Hall–Kier alpha value is 0.310. The van der Waals surface area contributed by atoms with Crippen molar-refractivity contribution in [3.8, 4) is 0 Å². The van der Waals surface area contributed by atoms with Crippen LogP contribution in [-0.4, -0.2) is 36.0 Å². The van der Waals surface area contributed by atoms with Gasteiger partial charge >= 0.3 is 0 Å². The standard InChI is InChI=1S/C10H23NS/c1-8(2)10(4)12-9(3)7-11(5)6/h8-10H,7H2,1-6H3. The predicted molar refractivity (Wildman–Crippen MR) is 59.9 cm³/mol. The van der Waals surface area contributed by atoms with Crippen molar-refractivity contribution in [2.75, 3.05) is 20.6 Å². The van der Waals surface area contributed by atoms with Gasteiger partial charge < -0.3 is 4.90 Å². The summed E-state index contributed by atoms with van der Waals surface area (Å²) in [6, 6.07) is 0. The number of hydrogen-bond acceptors (Lipinski definition) is 2. The molecule has 12 heavy (non-hydrogen) atoms. The summed E-state index contributed by atoms with van der Waals surface area (Å²) in [6.07, 6.45) is 0. The van der Waals surface area contributed by atoms with Crippen molar-refractivity contribution in [2.24, 2.45) is 5.92 Å². The van der Waals surface area contributed by atoms with Crippen LogP contribution in [0, 0.1) is 5.92 Å². The maximum Gasteiger partial charge on any atom is 0.0149 e. The maximum absolute atomic E-state index is 2.32. The predicted octanol–water partition coefficient (Wildman–Crippen LogP) is 2.71. The van der Waals surface area contributed by atoms with Gasteiger partial charge in [0.25, 0.3) is 0 Å². The lowest BCUT2D eigenvalue weighted by Crippen LogP contribution is -2.23. The van der Waals surface area contributed by atoms with Gasteiger partial charge in [-0.15, -0.1) is 0 Å². The molecule has 0 bridgehead atoms. The van der Waals surface area contributed by atoms with Crippen LogP contribution in [0.1, 0.15) is 27.7 Å². The van der Waals surface area contributed by atoms with Crippen LogP contribution in [0.4, 0.5) is 0 Å². The van der Waals surface area contributed by atoms with Crippen LogP contribution in [0.3, 0.4) is 0 Å². The lowest BCUT2D eigenvalue weighted by Gasteiger charge is -2.22. The fourth-order valence-corrected chi connectivity index (χ4v) is 2.51. The van der Waals surface area contributed by atoms with Crippen molar-refractivity contribution >= 4 is 11.8 Å². The second kappa shape index (κ2) is 5.87. The Morgan fingerprint density at radius 1 is 1.08 bits per heavy atom. The quantitative estimate of drug-likeness (QED) is 0.654. The summed E-state index contributed by atoms with van der Waals surface area (Å²) in [4.78, 5) is 2.25. The van der Waals surface area contributed by atoms with Crippen LogP contribution in [0.2, 0.25) is 0 Å². The molecule has 0 spiro atoms. The van der Waals surface area contributed by atoms with Gasteiger partial charge in [0.1, 0.15) is 0 Å². The molecule has 0 aromatic heterocycles. The van der Waals surface area contributed by atoms with E-state index in [9.17, 15) is 0 Å². The molecule has 0 amide bonds. The minimum Gasteiger partial charge on any atom is -0.308 e. The number of hydrogen-bond donors (Lipinski definition) is 0. The summed E-state index contributed by atoms with van der Waals surface area (Å²) in [5, 5.41) is 1.53. The van der Waals surface area contributed by atoms with Gasteiger partial charge in [0, 0.05) is 17.0 Å². The lowest BCUT2D eigenvalue weighted by molar-refractivity contribution is 0.413. The molecule has 0 saturated carbocycles. The number of nitrogens with zero attached hydrogens (tertiary/aromatic N) is 1. The molecule has 0 radical (unpaired) electrons. The van der Waals surface area contributed by atoms with Crippen molar-refractivity contribution in [1.82, 2.24) is 4.90 Å². The van der Waals surface area contributed by atoms with E-state index in [2.05, 4.69) is 58.5 Å². The summed E-state index contributed by atoms with van der Waals surface area (Å²) in [7, 11) is 4.27. The molecule has 0 aromatic rings. The van der Waals surface area contributed by atoms with E-state index in [1.807, 2.05) is 0 Å². The Kier molecular flexibility index (Phi) is 6.02. The molecule has 0 rings (SSSR count). The Balaban J connectivity index is 3.61. The Bertz CT molecular complexity index is 112. The fraction of sp³-hybridized carbons (Fsp3) is 1.00. The van der Waals surface area contributed by atoms with E-state index >= 15 is 0 Å². The highest BCUT2D eigenvalue weighted by atomic mass is 32.2. The zero-order valence-corrected chi connectivity index (χ0v) is 10.1. The van der Waals surface area contributed by atoms with Crippen LogP contribution >= 0.6 is 11.8 Å². The van der Waals surface area contributed by atoms with E-state index in [-0.39, 0.29) is 0 Å². The molecule has 74 valence electrons. The third-order valence-electron chi connectivity index (χ3n) is 2.01. The van der Waals surface area contributed by atoms with Gasteiger partial charge in [-0.1, -0.05) is 27.7 Å². The Morgan fingerprint density at radius 2 is 1.58 bits per heavy atom. The third-order valence-corrected chi connectivity index (χ3v) is 3.60. The highest BCUT2D eigenvalue weighted by Crippen LogP contribution is 2.23. The van der Waals surface area contributed by atoms with Gasteiger partial charge in [-0.2, -0.15) is 11.8 Å². The second-order valence-electron chi connectivity index (χ2n) is 4.16. The first-order valence-electron chi connectivity index (χ1n) is 4.73. The van der Waals surface area contributed by atoms with E-state index in [4.69, 9.17) is 0 Å². The van der Waals surface area contributed by atoms with Gasteiger partial charge in [0.2, 0.25) is 0 Å². The maximum atomic E-state index is 2.32. The number of rotatable bonds is 5. The van der Waals surface area contributed by atoms with Crippen LogP contribution in [0.25, 0.3) is 0 Å². The molecule has 0 aliphatic carbocycles. The molecule has 0 N–H and O–H groups in total. The van der Waals surface area contributed by atoms with Gasteiger partial charge in [0.15, 0.2) is 0 Å². The molecule has 2 heteroatoms. The monoisotopic (exact) mass is 189 g/mol. The smallest absolute Gasteiger partial charge is 0.0149 e. The molecule has 0 aromatic carbocycles. The summed E-state index contributed by atoms with van der Waals surface area (Å²) < 4.78 is 0. The molecule has 0 aliphatic heterocycles. The minimum absolute atomic E-state index is 0.748. The van der Waals surface area contributed by atoms with E-state index in [1.165, 1.54) is 6.54 Å².